The van der Waals surface area contributed by atoms with Gasteiger partial charge in [0.15, 0.2) is 0 Å². The van der Waals surface area contributed by atoms with Gasteiger partial charge >= 0.3 is 0 Å². The minimum atomic E-state index is -0.511. The highest BCUT2D eigenvalue weighted by Gasteiger charge is 2.22. The van der Waals surface area contributed by atoms with Crippen LogP contribution in [0.15, 0.2) is 12.2 Å². The van der Waals surface area contributed by atoms with Gasteiger partial charge in [0.25, 0.3) is 11.8 Å². The molecule has 0 fully saturated rings. The van der Waals surface area contributed by atoms with Gasteiger partial charge in [-0.2, -0.15) is 0 Å². The Kier molecular flexibility index (Phi) is 5.66. The number of hydrogen-bond donors (Lipinski definition) is 0. The second-order valence-electron chi connectivity index (χ2n) is 3.08. The fourth-order valence-corrected chi connectivity index (χ4v) is 1.18. The molecule has 5 nitrogen and oxygen atoms in total. The summed E-state index contributed by atoms with van der Waals surface area (Å²) in [6.45, 7) is 0.679. The van der Waals surface area contributed by atoms with Crippen LogP contribution in [-0.4, -0.2) is 56.4 Å². The highest BCUT2D eigenvalue weighted by atomic mass is 18.2. The van der Waals surface area contributed by atoms with Crippen LogP contribution in [0, 0.1) is 0 Å². The van der Waals surface area contributed by atoms with E-state index in [1.54, 1.807) is 0 Å². The third-order valence-electron chi connectivity index (χ3n) is 1.95. The number of carbonyl (C=O) groups excluding carboxylic acids is 2. The molecule has 0 aromatic carbocycles. The number of imide groups is 1. The Morgan fingerprint density at radius 1 is 1.00 bits per heavy atom. The minimum Gasteiger partial charge on any atom is -0.377 e. The van der Waals surface area contributed by atoms with Crippen molar-refractivity contribution in [2.24, 2.45) is 0 Å². The van der Waals surface area contributed by atoms with E-state index in [1.165, 1.54) is 12.2 Å². The lowest BCUT2D eigenvalue weighted by atomic mass is 10.5. The second kappa shape index (κ2) is 7.08. The Morgan fingerprint density at radius 2 is 1.56 bits per heavy atom. The standard InChI is InChI=1S/C10H14FNO4/c11-3-5-15-7-8-16-6-4-12-9(13)1-2-10(12)14/h1-2H,3-8H2/i11-1. The van der Waals surface area contributed by atoms with E-state index in [0.717, 1.165) is 4.90 Å². The maximum absolute atomic E-state index is 11.6. The molecule has 0 saturated carbocycles. The second-order valence-corrected chi connectivity index (χ2v) is 3.08. The Balaban J connectivity index is 1.99. The highest BCUT2D eigenvalue weighted by Crippen LogP contribution is 2.02. The Hall–Kier alpha value is -1.27. The van der Waals surface area contributed by atoms with Gasteiger partial charge in [-0.05, 0) is 0 Å². The molecule has 0 aromatic rings. The summed E-state index contributed by atoms with van der Waals surface area (Å²) in [4.78, 5) is 23.3. The smallest absolute Gasteiger partial charge is 0.253 e. The van der Waals surface area contributed by atoms with Crippen molar-refractivity contribution >= 4 is 11.8 Å². The summed E-state index contributed by atoms with van der Waals surface area (Å²) < 4.78 is 21.6. The third-order valence-corrected chi connectivity index (χ3v) is 1.95. The average molecular weight is 230 g/mol. The molecule has 6 heteroatoms. The molecular weight excluding hydrogens is 216 g/mol. The van der Waals surface area contributed by atoms with Gasteiger partial charge in [0.2, 0.25) is 0 Å². The molecule has 0 N–H and O–H groups in total. The summed E-state index contributed by atoms with van der Waals surface area (Å²) in [7, 11) is 0. The lowest BCUT2D eigenvalue weighted by Gasteiger charge is -2.13. The van der Waals surface area contributed by atoms with Gasteiger partial charge in [0.05, 0.1) is 33.0 Å². The molecule has 1 aliphatic rings. The van der Waals surface area contributed by atoms with E-state index in [0.29, 0.717) is 13.2 Å². The van der Waals surface area contributed by atoms with Crippen LogP contribution in [0.25, 0.3) is 0 Å². The minimum absolute atomic E-state index is 0.0659. The Labute approximate surface area is 92.8 Å². The first-order valence-corrected chi connectivity index (χ1v) is 5.00. The van der Waals surface area contributed by atoms with Crippen molar-refractivity contribution in [3.63, 3.8) is 0 Å². The van der Waals surface area contributed by atoms with E-state index in [1.807, 2.05) is 0 Å². The van der Waals surface area contributed by atoms with E-state index in [4.69, 9.17) is 9.47 Å². The third kappa shape index (κ3) is 4.08. The summed E-state index contributed by atoms with van der Waals surface area (Å²) in [5.74, 6) is -0.635. The van der Waals surface area contributed by atoms with Gasteiger partial charge in [-0.3, -0.25) is 14.5 Å². The first-order valence-electron chi connectivity index (χ1n) is 5.00. The van der Waals surface area contributed by atoms with Crippen LogP contribution < -0.4 is 0 Å². The molecule has 1 heterocycles. The van der Waals surface area contributed by atoms with Crippen molar-refractivity contribution in [1.29, 1.82) is 0 Å². The predicted molar refractivity (Wildman–Crippen MR) is 53.5 cm³/mol. The summed E-state index contributed by atoms with van der Waals surface area (Å²) in [6, 6.07) is 0. The number of ether oxygens (including phenoxy) is 2. The maximum Gasteiger partial charge on any atom is 0.253 e. The molecule has 2 amide bonds. The van der Waals surface area contributed by atoms with Crippen LogP contribution in [0.4, 0.5) is 4.39 Å². The van der Waals surface area contributed by atoms with Gasteiger partial charge in [0.1, 0.15) is 6.67 Å². The molecule has 1 rings (SSSR count). The van der Waals surface area contributed by atoms with E-state index in [9.17, 15) is 14.0 Å². The number of amides is 2. The molecule has 0 saturated heterocycles. The van der Waals surface area contributed by atoms with Gasteiger partial charge in [-0.15, -0.1) is 0 Å². The predicted octanol–water partition coefficient (Wildman–Crippen LogP) is -0.0859. The van der Waals surface area contributed by atoms with Crippen LogP contribution in [0.2, 0.25) is 0 Å². The summed E-state index contributed by atoms with van der Waals surface area (Å²) >= 11 is 0. The largest absolute Gasteiger partial charge is 0.377 e. The number of halogens is 1. The quantitative estimate of drug-likeness (QED) is 0.432. The van der Waals surface area contributed by atoms with Crippen LogP contribution >= 0.6 is 0 Å². The van der Waals surface area contributed by atoms with E-state index >= 15 is 0 Å². The molecule has 0 aliphatic carbocycles. The number of nitrogens with zero attached hydrogens (tertiary/aromatic N) is 1. The molecule has 0 aromatic heterocycles. The van der Waals surface area contributed by atoms with Crippen LogP contribution in [-0.2, 0) is 19.1 Å². The van der Waals surface area contributed by atoms with Gasteiger partial charge in [-0.25, -0.2) is 4.39 Å². The van der Waals surface area contributed by atoms with Gasteiger partial charge < -0.3 is 9.47 Å². The number of hydrogen-bond acceptors (Lipinski definition) is 4. The van der Waals surface area contributed by atoms with Gasteiger partial charge in [-0.1, -0.05) is 0 Å². The average Bonchev–Trinajstić information content (AvgIpc) is 2.59. The molecule has 0 unspecified atom stereocenters. The zero-order chi connectivity index (χ0) is 11.8. The molecule has 1 aliphatic heterocycles. The van der Waals surface area contributed by atoms with Crippen molar-refractivity contribution in [2.75, 3.05) is 39.6 Å². The topological polar surface area (TPSA) is 55.8 Å². The lowest BCUT2D eigenvalue weighted by molar-refractivity contribution is -0.137. The fourth-order valence-electron chi connectivity index (χ4n) is 1.18. The summed E-state index contributed by atoms with van der Waals surface area (Å²) in [6.07, 6.45) is 2.46. The van der Waals surface area contributed by atoms with Crippen LogP contribution in [0.3, 0.4) is 0 Å². The van der Waals surface area contributed by atoms with E-state index in [2.05, 4.69) is 0 Å². The number of alkyl halides is 1. The fraction of sp³-hybridized carbons (Fsp3) is 0.600. The molecule has 0 radical (unpaired) electrons. The number of carbonyl (C=O) groups is 2. The highest BCUT2D eigenvalue weighted by molar-refractivity contribution is 6.12. The molecular formula is C10H14FNO4. The van der Waals surface area contributed by atoms with Gasteiger partial charge in [0, 0.05) is 12.2 Å². The van der Waals surface area contributed by atoms with Crippen molar-refractivity contribution < 1.29 is 23.5 Å². The van der Waals surface area contributed by atoms with E-state index < -0.39 is 6.67 Å². The SMILES string of the molecule is O=C1C=CC(=O)N1CCOCCOCC[18F]. The number of rotatable bonds is 8. The van der Waals surface area contributed by atoms with Crippen molar-refractivity contribution in [2.45, 2.75) is 0 Å². The van der Waals surface area contributed by atoms with Crippen molar-refractivity contribution in [1.82, 2.24) is 4.90 Å². The van der Waals surface area contributed by atoms with E-state index in [-0.39, 0.29) is 31.6 Å². The van der Waals surface area contributed by atoms with Crippen LogP contribution in [0.1, 0.15) is 0 Å². The van der Waals surface area contributed by atoms with Crippen LogP contribution in [0.5, 0.6) is 0 Å². The van der Waals surface area contributed by atoms with Crippen molar-refractivity contribution in [3.05, 3.63) is 12.2 Å². The zero-order valence-corrected chi connectivity index (χ0v) is 8.86. The normalized spacial score (nSPS) is 15.2. The molecule has 0 atom stereocenters. The maximum atomic E-state index is 11.6. The first-order chi connectivity index (χ1) is 7.75. The molecule has 0 spiro atoms. The monoisotopic (exact) mass is 230 g/mol. The first kappa shape index (κ1) is 12.8. The summed E-state index contributed by atoms with van der Waals surface area (Å²) in [5.41, 5.74) is 0. The summed E-state index contributed by atoms with van der Waals surface area (Å²) in [5, 5.41) is 0. The zero-order valence-electron chi connectivity index (χ0n) is 8.86. The Bertz CT molecular complexity index is 262. The van der Waals surface area contributed by atoms with Crippen molar-refractivity contribution in [3.8, 4) is 0 Å². The molecule has 0 bridgehead atoms. The lowest BCUT2D eigenvalue weighted by Crippen LogP contribution is -2.33. The Morgan fingerprint density at radius 3 is 2.12 bits per heavy atom. The molecule has 16 heavy (non-hydrogen) atoms. The molecule has 90 valence electrons.